The van der Waals surface area contributed by atoms with Crippen LogP contribution in [0.25, 0.3) is 10.9 Å². The third-order valence-corrected chi connectivity index (χ3v) is 5.10. The van der Waals surface area contributed by atoms with Crippen LogP contribution in [0.2, 0.25) is 5.02 Å². The molecule has 1 fully saturated rings. The quantitative estimate of drug-likeness (QED) is 0.825. The van der Waals surface area contributed by atoms with Gasteiger partial charge < -0.3 is 10.3 Å². The normalized spacial score (nSPS) is 18.5. The summed E-state index contributed by atoms with van der Waals surface area (Å²) in [5.41, 5.74) is 2.23. The lowest BCUT2D eigenvalue weighted by molar-refractivity contribution is 0.280. The maximum atomic E-state index is 6.46. The second-order valence-corrected chi connectivity index (χ2v) is 6.41. The average Bonchev–Trinajstić information content (AvgIpc) is 2.83. The van der Waals surface area contributed by atoms with Crippen molar-refractivity contribution in [3.05, 3.63) is 35.0 Å². The molecule has 0 bridgehead atoms. The van der Waals surface area contributed by atoms with E-state index in [9.17, 15) is 0 Å². The Morgan fingerprint density at radius 3 is 2.75 bits per heavy atom. The van der Waals surface area contributed by atoms with Crippen LogP contribution in [-0.4, -0.2) is 11.0 Å². The van der Waals surface area contributed by atoms with Crippen LogP contribution in [0.4, 0.5) is 0 Å². The Morgan fingerprint density at radius 2 is 2.00 bits per heavy atom. The van der Waals surface area contributed by atoms with E-state index in [-0.39, 0.29) is 0 Å². The number of hydrogen-bond acceptors (Lipinski definition) is 1. The van der Waals surface area contributed by atoms with E-state index in [1.165, 1.54) is 32.1 Å². The number of aromatic nitrogens is 1. The molecule has 2 nitrogen and oxygen atoms in total. The van der Waals surface area contributed by atoms with Gasteiger partial charge in [-0.1, -0.05) is 49.1 Å². The van der Waals surface area contributed by atoms with Gasteiger partial charge in [0.05, 0.1) is 5.02 Å². The van der Waals surface area contributed by atoms with Crippen molar-refractivity contribution >= 4 is 22.5 Å². The van der Waals surface area contributed by atoms with Gasteiger partial charge in [0, 0.05) is 29.2 Å². The topological polar surface area (TPSA) is 27.8 Å². The molecule has 1 saturated carbocycles. The van der Waals surface area contributed by atoms with Gasteiger partial charge in [-0.3, -0.25) is 0 Å². The number of rotatable bonds is 4. The number of fused-ring (bicyclic) bond motifs is 1. The molecular weight excluding hydrogens is 268 g/mol. The lowest BCUT2D eigenvalue weighted by atomic mass is 9.84. The maximum absolute atomic E-state index is 6.46. The van der Waals surface area contributed by atoms with Crippen molar-refractivity contribution < 1.29 is 0 Å². The van der Waals surface area contributed by atoms with E-state index in [4.69, 9.17) is 11.6 Å². The first kappa shape index (κ1) is 14.0. The Kier molecular flexibility index (Phi) is 4.32. The molecule has 0 amide bonds. The predicted molar refractivity (Wildman–Crippen MR) is 86.2 cm³/mol. The van der Waals surface area contributed by atoms with E-state index < -0.39 is 0 Å². The second-order valence-electron chi connectivity index (χ2n) is 6.03. The zero-order valence-corrected chi connectivity index (χ0v) is 12.8. The first-order valence-electron chi connectivity index (χ1n) is 7.74. The predicted octanol–water partition coefficient (Wildman–Crippen LogP) is 4.88. The highest BCUT2D eigenvalue weighted by Gasteiger charge is 2.20. The lowest BCUT2D eigenvalue weighted by Gasteiger charge is -2.28. The molecule has 0 spiro atoms. The standard InChI is InChI=1S/C17H23ClN2/c1-12(13-7-3-2-4-8-13)19-11-16-17(18)14-9-5-6-10-15(14)20-16/h5-6,9-10,12-13,19-20H,2-4,7-8,11H2,1H3/t12-/m1/s1. The van der Waals surface area contributed by atoms with E-state index >= 15 is 0 Å². The number of para-hydroxylation sites is 1. The summed E-state index contributed by atoms with van der Waals surface area (Å²) in [6.45, 7) is 3.14. The molecule has 0 unspecified atom stereocenters. The Labute approximate surface area is 125 Å². The summed E-state index contributed by atoms with van der Waals surface area (Å²) in [6.07, 6.45) is 6.94. The Morgan fingerprint density at radius 1 is 1.25 bits per heavy atom. The van der Waals surface area contributed by atoms with E-state index in [1.54, 1.807) is 0 Å². The van der Waals surface area contributed by atoms with E-state index in [0.717, 1.165) is 34.1 Å². The molecule has 108 valence electrons. The van der Waals surface area contributed by atoms with Gasteiger partial charge in [0.25, 0.3) is 0 Å². The van der Waals surface area contributed by atoms with Crippen molar-refractivity contribution in [2.45, 2.75) is 51.6 Å². The maximum Gasteiger partial charge on any atom is 0.0705 e. The van der Waals surface area contributed by atoms with Crippen LogP contribution >= 0.6 is 11.6 Å². The molecule has 0 aliphatic heterocycles. The van der Waals surface area contributed by atoms with E-state index in [2.05, 4.69) is 29.4 Å². The number of nitrogens with one attached hydrogen (secondary N) is 2. The zero-order chi connectivity index (χ0) is 13.9. The van der Waals surface area contributed by atoms with Crippen LogP contribution in [0.3, 0.4) is 0 Å². The third kappa shape index (κ3) is 2.87. The van der Waals surface area contributed by atoms with Crippen molar-refractivity contribution in [2.24, 2.45) is 5.92 Å². The fraction of sp³-hybridized carbons (Fsp3) is 0.529. The van der Waals surface area contributed by atoms with Crippen LogP contribution in [0.1, 0.15) is 44.7 Å². The number of halogens is 1. The highest BCUT2D eigenvalue weighted by atomic mass is 35.5. The molecule has 1 aromatic heterocycles. The summed E-state index contributed by atoms with van der Waals surface area (Å²) in [7, 11) is 0. The molecule has 1 aromatic carbocycles. The summed E-state index contributed by atoms with van der Waals surface area (Å²) in [5.74, 6) is 0.826. The largest absolute Gasteiger partial charge is 0.356 e. The van der Waals surface area contributed by atoms with Crippen LogP contribution < -0.4 is 5.32 Å². The smallest absolute Gasteiger partial charge is 0.0705 e. The Balaban J connectivity index is 1.65. The molecule has 0 radical (unpaired) electrons. The minimum atomic E-state index is 0.567. The minimum absolute atomic E-state index is 0.567. The molecule has 1 atom stereocenters. The molecule has 1 aliphatic rings. The monoisotopic (exact) mass is 290 g/mol. The zero-order valence-electron chi connectivity index (χ0n) is 12.1. The molecular formula is C17H23ClN2. The summed E-state index contributed by atoms with van der Waals surface area (Å²) in [5, 5.41) is 5.64. The van der Waals surface area contributed by atoms with E-state index in [0.29, 0.717) is 6.04 Å². The molecule has 3 heteroatoms. The molecule has 20 heavy (non-hydrogen) atoms. The van der Waals surface area contributed by atoms with Crippen LogP contribution in [0, 0.1) is 5.92 Å². The summed E-state index contributed by atoms with van der Waals surface area (Å²) in [4.78, 5) is 3.43. The van der Waals surface area contributed by atoms with Crippen LogP contribution in [-0.2, 0) is 6.54 Å². The van der Waals surface area contributed by atoms with Crippen LogP contribution in [0.5, 0.6) is 0 Å². The first-order chi connectivity index (χ1) is 9.75. The fourth-order valence-electron chi connectivity index (χ4n) is 3.35. The number of H-pyrrole nitrogens is 1. The second kappa shape index (κ2) is 6.19. The number of aromatic amines is 1. The van der Waals surface area contributed by atoms with Crippen molar-refractivity contribution in [3.63, 3.8) is 0 Å². The SMILES string of the molecule is C[C@@H](NCc1[nH]c2ccccc2c1Cl)C1CCCCC1. The molecule has 1 aliphatic carbocycles. The van der Waals surface area contributed by atoms with Gasteiger partial charge in [-0.25, -0.2) is 0 Å². The highest BCUT2D eigenvalue weighted by molar-refractivity contribution is 6.36. The van der Waals surface area contributed by atoms with Crippen molar-refractivity contribution in [2.75, 3.05) is 0 Å². The van der Waals surface area contributed by atoms with Gasteiger partial charge in [-0.15, -0.1) is 0 Å². The van der Waals surface area contributed by atoms with Crippen molar-refractivity contribution in [1.29, 1.82) is 0 Å². The van der Waals surface area contributed by atoms with Gasteiger partial charge in [0.15, 0.2) is 0 Å². The van der Waals surface area contributed by atoms with Crippen molar-refractivity contribution in [1.82, 2.24) is 10.3 Å². The first-order valence-corrected chi connectivity index (χ1v) is 8.12. The van der Waals surface area contributed by atoms with Gasteiger partial charge in [0.1, 0.15) is 0 Å². The molecule has 2 N–H and O–H groups in total. The summed E-state index contributed by atoms with van der Waals surface area (Å²) < 4.78 is 0. The van der Waals surface area contributed by atoms with Gasteiger partial charge >= 0.3 is 0 Å². The Hall–Kier alpha value is -0.990. The highest BCUT2D eigenvalue weighted by Crippen LogP contribution is 2.29. The van der Waals surface area contributed by atoms with Crippen molar-refractivity contribution in [3.8, 4) is 0 Å². The van der Waals surface area contributed by atoms with Gasteiger partial charge in [-0.2, -0.15) is 0 Å². The molecule has 0 saturated heterocycles. The summed E-state index contributed by atoms with van der Waals surface area (Å²) in [6, 6.07) is 8.79. The third-order valence-electron chi connectivity index (χ3n) is 4.67. The average molecular weight is 291 g/mol. The van der Waals surface area contributed by atoms with Crippen LogP contribution in [0.15, 0.2) is 24.3 Å². The van der Waals surface area contributed by atoms with Gasteiger partial charge in [-0.05, 0) is 31.7 Å². The van der Waals surface area contributed by atoms with E-state index in [1.807, 2.05) is 12.1 Å². The van der Waals surface area contributed by atoms with Gasteiger partial charge in [0.2, 0.25) is 0 Å². The lowest BCUT2D eigenvalue weighted by Crippen LogP contribution is -2.34. The number of benzene rings is 1. The minimum Gasteiger partial charge on any atom is -0.356 e. The Bertz CT molecular complexity index is 569. The molecule has 3 rings (SSSR count). The fourth-order valence-corrected chi connectivity index (χ4v) is 3.63. The number of hydrogen-bond donors (Lipinski definition) is 2. The summed E-state index contributed by atoms with van der Waals surface area (Å²) >= 11 is 6.46. The molecule has 2 aromatic rings. The molecule has 1 heterocycles.